The predicted molar refractivity (Wildman–Crippen MR) is 100 cm³/mol. The molecule has 0 unspecified atom stereocenters. The zero-order chi connectivity index (χ0) is 20.3. The Morgan fingerprint density at radius 3 is 2.50 bits per heavy atom. The molecule has 1 aliphatic carbocycles. The lowest BCUT2D eigenvalue weighted by Gasteiger charge is -2.30. The second-order valence-electron chi connectivity index (χ2n) is 8.02. The van der Waals surface area contributed by atoms with Crippen molar-refractivity contribution in [3.8, 4) is 0 Å². The van der Waals surface area contributed by atoms with E-state index in [1.54, 1.807) is 0 Å². The first-order valence-corrected chi connectivity index (χ1v) is 10.3. The van der Waals surface area contributed by atoms with E-state index in [0.29, 0.717) is 31.5 Å². The molecule has 5 nitrogen and oxygen atoms in total. The van der Waals surface area contributed by atoms with Crippen molar-refractivity contribution in [2.75, 3.05) is 37.6 Å². The molecule has 3 rings (SSSR count). The molecule has 1 saturated heterocycles. The highest BCUT2D eigenvalue weighted by atomic mass is 35.5. The maximum atomic E-state index is 12.8. The van der Waals surface area contributed by atoms with Crippen LogP contribution in [0.15, 0.2) is 12.3 Å². The topological polar surface area (TPSA) is 50.9 Å². The number of pyridine rings is 1. The van der Waals surface area contributed by atoms with Gasteiger partial charge in [0.25, 0.3) is 11.7 Å². The summed E-state index contributed by atoms with van der Waals surface area (Å²) in [5, 5.41) is 3.21. The van der Waals surface area contributed by atoms with E-state index in [4.69, 9.17) is 11.6 Å². The van der Waals surface area contributed by atoms with Crippen LogP contribution in [0.5, 0.6) is 0 Å². The molecule has 3 N–H and O–H groups in total. The van der Waals surface area contributed by atoms with Crippen molar-refractivity contribution in [1.82, 2.24) is 5.32 Å². The Morgan fingerprint density at radius 1 is 1.29 bits per heavy atom. The van der Waals surface area contributed by atoms with Crippen molar-refractivity contribution in [2.45, 2.75) is 44.8 Å². The summed E-state index contributed by atoms with van der Waals surface area (Å²) in [5.41, 5.74) is -0.792. The van der Waals surface area contributed by atoms with Gasteiger partial charge in [-0.2, -0.15) is 13.2 Å². The standard InChI is InChI=1S/C19H26ClF3N4O/c1-13-2-4-15(5-3-13)25-17(28)12-26-6-8-27(9-7-26)18-16(20)10-14(11-24-18)19(21,22)23/h10-11,13,15H,2-9,12H2,1H3,(H,25,28)/p+2. The number of anilines is 1. The molecule has 0 bridgehead atoms. The van der Waals surface area contributed by atoms with Crippen LogP contribution >= 0.6 is 11.6 Å². The maximum Gasteiger partial charge on any atom is 0.419 e. The minimum Gasteiger partial charge on any atom is -0.348 e. The lowest BCUT2D eigenvalue weighted by atomic mass is 9.87. The fourth-order valence-electron chi connectivity index (χ4n) is 4.00. The van der Waals surface area contributed by atoms with Gasteiger partial charge in [0, 0.05) is 6.04 Å². The smallest absolute Gasteiger partial charge is 0.348 e. The number of hydrogen-bond acceptors (Lipinski definition) is 2. The van der Waals surface area contributed by atoms with E-state index in [-0.39, 0.29) is 10.9 Å². The van der Waals surface area contributed by atoms with Crippen molar-refractivity contribution in [2.24, 2.45) is 5.92 Å². The summed E-state index contributed by atoms with van der Waals surface area (Å²) in [6.45, 7) is 5.42. The van der Waals surface area contributed by atoms with Crippen molar-refractivity contribution >= 4 is 23.3 Å². The number of hydrogen-bond donors (Lipinski definition) is 2. The number of rotatable bonds is 4. The average Bonchev–Trinajstić information content (AvgIpc) is 2.63. The quantitative estimate of drug-likeness (QED) is 0.777. The van der Waals surface area contributed by atoms with Gasteiger partial charge in [-0.25, -0.2) is 9.88 Å². The van der Waals surface area contributed by atoms with Gasteiger partial charge in [-0.1, -0.05) is 18.5 Å². The first kappa shape index (κ1) is 21.2. The maximum absolute atomic E-state index is 12.8. The lowest BCUT2D eigenvalue weighted by molar-refractivity contribution is -0.892. The Labute approximate surface area is 168 Å². The molecule has 0 radical (unpaired) electrons. The normalized spacial score (nSPS) is 24.2. The van der Waals surface area contributed by atoms with Crippen LogP contribution in [0.4, 0.5) is 19.0 Å². The van der Waals surface area contributed by atoms with Crippen LogP contribution in [0.2, 0.25) is 5.02 Å². The molecule has 1 saturated carbocycles. The third-order valence-electron chi connectivity index (χ3n) is 5.78. The molecule has 0 aromatic carbocycles. The minimum atomic E-state index is -4.43. The van der Waals surface area contributed by atoms with Gasteiger partial charge in [0.05, 0.1) is 5.56 Å². The van der Waals surface area contributed by atoms with E-state index < -0.39 is 11.7 Å². The molecule has 0 spiro atoms. The summed E-state index contributed by atoms with van der Waals surface area (Å²) in [6.07, 6.45) is 0.961. The third-order valence-corrected chi connectivity index (χ3v) is 6.07. The van der Waals surface area contributed by atoms with Crippen molar-refractivity contribution in [3.63, 3.8) is 0 Å². The van der Waals surface area contributed by atoms with E-state index in [1.807, 2.05) is 4.90 Å². The number of halogens is 4. The molecular formula is C19H28ClF3N4O+2. The molecular weight excluding hydrogens is 393 g/mol. The zero-order valence-corrected chi connectivity index (χ0v) is 16.8. The molecule has 2 fully saturated rings. The number of quaternary nitrogens is 1. The molecule has 1 aromatic rings. The average molecular weight is 421 g/mol. The summed E-state index contributed by atoms with van der Waals surface area (Å²) < 4.78 is 38.3. The van der Waals surface area contributed by atoms with Gasteiger partial charge >= 0.3 is 6.18 Å². The predicted octanol–water partition coefficient (Wildman–Crippen LogP) is 1.57. The first-order chi connectivity index (χ1) is 13.2. The number of aromatic nitrogens is 1. The second kappa shape index (κ2) is 8.86. The van der Waals surface area contributed by atoms with Gasteiger partial charge in [-0.15, -0.1) is 0 Å². The van der Waals surface area contributed by atoms with Gasteiger partial charge < -0.3 is 10.2 Å². The van der Waals surface area contributed by atoms with Crippen LogP contribution in [-0.2, 0) is 11.0 Å². The molecule has 1 aromatic heterocycles. The Balaban J connectivity index is 1.47. The number of H-pyrrole nitrogens is 1. The van der Waals surface area contributed by atoms with Crippen molar-refractivity contribution in [3.05, 3.63) is 22.8 Å². The fraction of sp³-hybridized carbons (Fsp3) is 0.684. The highest BCUT2D eigenvalue weighted by Gasteiger charge is 2.35. The van der Waals surface area contributed by atoms with Crippen LogP contribution in [0, 0.1) is 5.92 Å². The number of aromatic amines is 1. The van der Waals surface area contributed by atoms with Crippen LogP contribution in [0.25, 0.3) is 0 Å². The largest absolute Gasteiger partial charge is 0.419 e. The van der Waals surface area contributed by atoms with Gasteiger partial charge in [-0.05, 0) is 37.7 Å². The second-order valence-corrected chi connectivity index (χ2v) is 8.43. The molecule has 2 aliphatic rings. The number of carbonyl (C=O) groups excluding carboxylic acids is 1. The zero-order valence-electron chi connectivity index (χ0n) is 16.0. The van der Waals surface area contributed by atoms with Gasteiger partial charge in [0.1, 0.15) is 37.4 Å². The Kier molecular flexibility index (Phi) is 6.70. The SMILES string of the molecule is CC1CCC(NC(=O)C[NH+]2CCN(c3[nH+]cc(C(F)(F)F)cc3Cl)CC2)CC1. The van der Waals surface area contributed by atoms with E-state index in [1.165, 1.54) is 17.7 Å². The van der Waals surface area contributed by atoms with Crippen LogP contribution in [0.1, 0.15) is 38.2 Å². The summed E-state index contributed by atoms with van der Waals surface area (Å²) in [6, 6.07) is 1.25. The van der Waals surface area contributed by atoms with Gasteiger partial charge in [0.2, 0.25) is 0 Å². The number of nitrogens with one attached hydrogen (secondary N) is 3. The molecule has 1 aliphatic heterocycles. The molecule has 1 amide bonds. The highest BCUT2D eigenvalue weighted by molar-refractivity contribution is 6.32. The molecule has 0 atom stereocenters. The highest BCUT2D eigenvalue weighted by Crippen LogP contribution is 2.32. The van der Waals surface area contributed by atoms with Gasteiger partial charge in [-0.3, -0.25) is 4.79 Å². The number of alkyl halides is 3. The Bertz CT molecular complexity index is 684. The number of carbonyl (C=O) groups is 1. The molecule has 156 valence electrons. The summed E-state index contributed by atoms with van der Waals surface area (Å²) in [5.74, 6) is 1.33. The summed E-state index contributed by atoms with van der Waals surface area (Å²) >= 11 is 6.06. The van der Waals surface area contributed by atoms with E-state index in [9.17, 15) is 18.0 Å². The summed E-state index contributed by atoms with van der Waals surface area (Å²) in [7, 11) is 0. The molecule has 9 heteroatoms. The minimum absolute atomic E-state index is 0.0579. The molecule has 2 heterocycles. The lowest BCUT2D eigenvalue weighted by Crippen LogP contribution is -3.16. The van der Waals surface area contributed by atoms with Crippen LogP contribution in [0.3, 0.4) is 0 Å². The fourth-order valence-corrected chi connectivity index (χ4v) is 4.29. The number of piperazine rings is 1. The number of nitrogens with zero attached hydrogens (tertiary/aromatic N) is 1. The van der Waals surface area contributed by atoms with Crippen molar-refractivity contribution in [1.29, 1.82) is 0 Å². The first-order valence-electron chi connectivity index (χ1n) is 9.88. The Hall–Kier alpha value is -1.54. The van der Waals surface area contributed by atoms with Gasteiger partial charge in [0.15, 0.2) is 6.54 Å². The van der Waals surface area contributed by atoms with E-state index >= 15 is 0 Å². The van der Waals surface area contributed by atoms with E-state index in [2.05, 4.69) is 17.2 Å². The Morgan fingerprint density at radius 2 is 1.93 bits per heavy atom. The van der Waals surface area contributed by atoms with Crippen molar-refractivity contribution < 1.29 is 27.8 Å². The van der Waals surface area contributed by atoms with E-state index in [0.717, 1.165) is 44.1 Å². The third kappa shape index (κ3) is 5.50. The summed E-state index contributed by atoms with van der Waals surface area (Å²) in [4.78, 5) is 18.1. The number of amides is 1. The van der Waals surface area contributed by atoms with Crippen LogP contribution in [-0.4, -0.2) is 44.7 Å². The van der Waals surface area contributed by atoms with Crippen LogP contribution < -0.4 is 20.1 Å². The molecule has 28 heavy (non-hydrogen) atoms. The monoisotopic (exact) mass is 420 g/mol.